The third-order valence-corrected chi connectivity index (χ3v) is 7.86. The smallest absolute Gasteiger partial charge is 0.379 e. The Kier molecular flexibility index (Phi) is 7.38. The van der Waals surface area contributed by atoms with E-state index in [1.165, 1.54) is 23.7 Å². The highest BCUT2D eigenvalue weighted by molar-refractivity contribution is 9.11. The molecule has 0 aliphatic carbocycles. The number of esters is 2. The number of anilines is 1. The van der Waals surface area contributed by atoms with Gasteiger partial charge in [0, 0.05) is 28.4 Å². The van der Waals surface area contributed by atoms with E-state index in [4.69, 9.17) is 18.6 Å². The van der Waals surface area contributed by atoms with E-state index in [1.807, 2.05) is 24.3 Å². The van der Waals surface area contributed by atoms with Crippen molar-refractivity contribution in [1.29, 1.82) is 0 Å². The highest BCUT2D eigenvalue weighted by Crippen LogP contribution is 2.43. The SMILES string of the molecule is COc1cc(OC(=O)c2ccco2)ccc1-c1ccc2c(c1COC(=O)c1ccc(Br)s1)C(C)=CC(C)(C)N2. The predicted octanol–water partition coefficient (Wildman–Crippen LogP) is 7.96. The average molecular weight is 609 g/mol. The van der Waals surface area contributed by atoms with Gasteiger partial charge in [-0.15, -0.1) is 11.3 Å². The molecule has 0 spiro atoms. The maximum atomic E-state index is 12.9. The van der Waals surface area contributed by atoms with E-state index < -0.39 is 11.9 Å². The Bertz CT molecular complexity index is 1580. The number of nitrogens with one attached hydrogen (secondary N) is 1. The summed E-state index contributed by atoms with van der Waals surface area (Å²) in [5.74, 6) is -0.0869. The lowest BCUT2D eigenvalue weighted by molar-refractivity contribution is 0.0478. The molecular weight excluding hydrogens is 582 g/mol. The van der Waals surface area contributed by atoms with E-state index in [0.717, 1.165) is 37.3 Å². The number of benzene rings is 2. The first-order valence-electron chi connectivity index (χ1n) is 12.2. The van der Waals surface area contributed by atoms with Crippen LogP contribution in [0.3, 0.4) is 0 Å². The van der Waals surface area contributed by atoms with Crippen molar-refractivity contribution in [2.24, 2.45) is 0 Å². The molecule has 0 saturated heterocycles. The molecule has 0 saturated carbocycles. The van der Waals surface area contributed by atoms with E-state index in [9.17, 15) is 9.59 Å². The number of halogens is 1. The van der Waals surface area contributed by atoms with Crippen molar-refractivity contribution >= 4 is 50.5 Å². The van der Waals surface area contributed by atoms with Crippen LogP contribution in [0.4, 0.5) is 5.69 Å². The summed E-state index contributed by atoms with van der Waals surface area (Å²) in [6.45, 7) is 6.32. The monoisotopic (exact) mass is 607 g/mol. The molecule has 1 aliphatic heterocycles. The van der Waals surface area contributed by atoms with Gasteiger partial charge in [-0.1, -0.05) is 12.1 Å². The van der Waals surface area contributed by atoms with Crippen LogP contribution in [0.1, 0.15) is 52.1 Å². The summed E-state index contributed by atoms with van der Waals surface area (Å²) in [6.07, 6.45) is 3.57. The summed E-state index contributed by atoms with van der Waals surface area (Å²) in [4.78, 5) is 25.7. The van der Waals surface area contributed by atoms with Crippen LogP contribution in [-0.2, 0) is 11.3 Å². The summed E-state index contributed by atoms with van der Waals surface area (Å²) in [5.41, 5.74) is 5.21. The van der Waals surface area contributed by atoms with Crippen molar-refractivity contribution in [1.82, 2.24) is 0 Å². The van der Waals surface area contributed by atoms with Crippen molar-refractivity contribution in [3.63, 3.8) is 0 Å². The Hall–Kier alpha value is -3.82. The van der Waals surface area contributed by atoms with Gasteiger partial charge in [-0.3, -0.25) is 0 Å². The number of fused-ring (bicyclic) bond motifs is 1. The number of hydrogen-bond donors (Lipinski definition) is 1. The van der Waals surface area contributed by atoms with Gasteiger partial charge in [0.2, 0.25) is 5.76 Å². The first-order valence-corrected chi connectivity index (χ1v) is 13.8. The maximum Gasteiger partial charge on any atom is 0.379 e. The Morgan fingerprint density at radius 3 is 2.54 bits per heavy atom. The van der Waals surface area contributed by atoms with Crippen LogP contribution >= 0.6 is 27.3 Å². The van der Waals surface area contributed by atoms with Gasteiger partial charge >= 0.3 is 11.9 Å². The second-order valence-corrected chi connectivity index (χ2v) is 12.1. The number of allylic oxidation sites excluding steroid dienone is 1. The van der Waals surface area contributed by atoms with Crippen LogP contribution in [0.5, 0.6) is 11.5 Å². The Morgan fingerprint density at radius 2 is 1.85 bits per heavy atom. The molecular formula is C30H26BrNO6S. The second kappa shape index (κ2) is 10.7. The molecule has 0 amide bonds. The Morgan fingerprint density at radius 1 is 1.05 bits per heavy atom. The molecule has 0 atom stereocenters. The molecule has 39 heavy (non-hydrogen) atoms. The third kappa shape index (κ3) is 5.65. The molecule has 0 fully saturated rings. The standard InChI is InChI=1S/C30H26BrNO6S/c1-17-15-30(2,3)32-22-10-9-19(21(27(17)22)16-37-29(34)25-11-12-26(31)39-25)20-8-7-18(14-24(20)35-4)38-28(33)23-6-5-13-36-23/h5-15,32H,16H2,1-4H3. The third-order valence-electron chi connectivity index (χ3n) is 6.26. The molecule has 3 heterocycles. The highest BCUT2D eigenvalue weighted by atomic mass is 79.9. The van der Waals surface area contributed by atoms with E-state index in [2.05, 4.69) is 48.1 Å². The van der Waals surface area contributed by atoms with Gasteiger partial charge in [0.1, 0.15) is 23.0 Å². The predicted molar refractivity (Wildman–Crippen MR) is 155 cm³/mol. The maximum absolute atomic E-state index is 12.9. The van der Waals surface area contributed by atoms with Gasteiger partial charge in [-0.05, 0) is 90.3 Å². The molecule has 2 aromatic heterocycles. The van der Waals surface area contributed by atoms with Gasteiger partial charge in [-0.25, -0.2) is 9.59 Å². The van der Waals surface area contributed by atoms with Gasteiger partial charge in [0.15, 0.2) is 0 Å². The van der Waals surface area contributed by atoms with Crippen molar-refractivity contribution < 1.29 is 28.2 Å². The zero-order valence-electron chi connectivity index (χ0n) is 21.8. The second-order valence-electron chi connectivity index (χ2n) is 9.60. The normalized spacial score (nSPS) is 13.6. The van der Waals surface area contributed by atoms with Crippen molar-refractivity contribution in [3.05, 3.63) is 92.5 Å². The fourth-order valence-corrected chi connectivity index (χ4v) is 6.02. The fourth-order valence-electron chi connectivity index (χ4n) is 4.74. The van der Waals surface area contributed by atoms with Crippen molar-refractivity contribution in [2.45, 2.75) is 32.9 Å². The van der Waals surface area contributed by atoms with Crippen molar-refractivity contribution in [2.75, 3.05) is 12.4 Å². The van der Waals surface area contributed by atoms with Crippen LogP contribution in [0.25, 0.3) is 16.7 Å². The van der Waals surface area contributed by atoms with Crippen molar-refractivity contribution in [3.8, 4) is 22.6 Å². The van der Waals surface area contributed by atoms with Crippen LogP contribution < -0.4 is 14.8 Å². The molecule has 4 aromatic rings. The number of ether oxygens (including phenoxy) is 3. The minimum Gasteiger partial charge on any atom is -0.496 e. The topological polar surface area (TPSA) is 87.0 Å². The van der Waals surface area contributed by atoms with Crippen LogP contribution in [0.15, 0.2) is 75.1 Å². The molecule has 7 nitrogen and oxygen atoms in total. The summed E-state index contributed by atoms with van der Waals surface area (Å²) < 4.78 is 23.0. The number of methoxy groups -OCH3 is 1. The average Bonchev–Trinajstić information content (AvgIpc) is 3.58. The molecule has 0 unspecified atom stereocenters. The van der Waals surface area contributed by atoms with E-state index >= 15 is 0 Å². The first-order chi connectivity index (χ1) is 18.6. The minimum absolute atomic E-state index is 0.0541. The zero-order valence-corrected chi connectivity index (χ0v) is 24.2. The lowest BCUT2D eigenvalue weighted by atomic mass is 9.85. The summed E-state index contributed by atoms with van der Waals surface area (Å²) >= 11 is 4.72. The quantitative estimate of drug-likeness (QED) is 0.168. The van der Waals surface area contributed by atoms with Crippen LogP contribution in [0.2, 0.25) is 0 Å². The summed E-state index contributed by atoms with van der Waals surface area (Å²) in [5, 5.41) is 3.56. The number of thiophene rings is 1. The lowest BCUT2D eigenvalue weighted by Gasteiger charge is -2.33. The molecule has 1 aliphatic rings. The van der Waals surface area contributed by atoms with E-state index in [-0.39, 0.29) is 17.9 Å². The first kappa shape index (κ1) is 26.8. The number of furan rings is 1. The molecule has 200 valence electrons. The van der Waals surface area contributed by atoms with Gasteiger partial charge in [-0.2, -0.15) is 0 Å². The fraction of sp³-hybridized carbons (Fsp3) is 0.200. The molecule has 9 heteroatoms. The zero-order chi connectivity index (χ0) is 27.7. The Balaban J connectivity index is 1.54. The number of carbonyl (C=O) groups excluding carboxylic acids is 2. The Labute approximate surface area is 238 Å². The minimum atomic E-state index is -0.606. The number of rotatable bonds is 7. The van der Waals surface area contributed by atoms with E-state index in [1.54, 1.807) is 31.4 Å². The summed E-state index contributed by atoms with van der Waals surface area (Å²) in [7, 11) is 1.55. The molecule has 0 radical (unpaired) electrons. The lowest BCUT2D eigenvalue weighted by Crippen LogP contribution is -2.32. The van der Waals surface area contributed by atoms with Crippen LogP contribution in [-0.4, -0.2) is 24.6 Å². The number of hydrogen-bond acceptors (Lipinski definition) is 8. The van der Waals surface area contributed by atoms with Crippen LogP contribution in [0, 0.1) is 0 Å². The molecule has 5 rings (SSSR count). The van der Waals surface area contributed by atoms with Gasteiger partial charge < -0.3 is 23.9 Å². The largest absolute Gasteiger partial charge is 0.496 e. The molecule has 1 N–H and O–H groups in total. The van der Waals surface area contributed by atoms with Gasteiger partial charge in [0.05, 0.1) is 22.7 Å². The highest BCUT2D eigenvalue weighted by Gasteiger charge is 2.27. The van der Waals surface area contributed by atoms with E-state index in [0.29, 0.717) is 16.4 Å². The number of carbonyl (C=O) groups is 2. The summed E-state index contributed by atoms with van der Waals surface area (Å²) in [6, 6.07) is 15.9. The molecule has 0 bridgehead atoms. The molecule has 2 aromatic carbocycles. The van der Waals surface area contributed by atoms with Gasteiger partial charge in [0.25, 0.3) is 0 Å².